The molecule has 2 saturated heterocycles. The Hall–Kier alpha value is -0.130. The number of hydrogen-bond acceptors (Lipinski definition) is 4. The molecule has 2 fully saturated rings. The summed E-state index contributed by atoms with van der Waals surface area (Å²) in [5, 5.41) is 0. The van der Waals surface area contributed by atoms with E-state index >= 15 is 0 Å². The summed E-state index contributed by atoms with van der Waals surface area (Å²) in [5.41, 5.74) is 0. The standard InChI is InChI=1S/C6H10O4S/c7-11(8)3-5(4-11)6-9-1-2-10-6/h5-6H,1-4H2. The van der Waals surface area contributed by atoms with Gasteiger partial charge in [0, 0.05) is 5.92 Å². The van der Waals surface area contributed by atoms with Crippen molar-refractivity contribution in [2.45, 2.75) is 6.29 Å². The van der Waals surface area contributed by atoms with E-state index in [2.05, 4.69) is 0 Å². The lowest BCUT2D eigenvalue weighted by atomic mass is 10.2. The lowest BCUT2D eigenvalue weighted by molar-refractivity contribution is -0.0750. The molecule has 2 aliphatic rings. The molecule has 0 aromatic carbocycles. The van der Waals surface area contributed by atoms with E-state index in [1.807, 2.05) is 0 Å². The van der Waals surface area contributed by atoms with Crippen LogP contribution in [0.2, 0.25) is 0 Å². The van der Waals surface area contributed by atoms with E-state index in [1.165, 1.54) is 0 Å². The van der Waals surface area contributed by atoms with Gasteiger partial charge in [-0.05, 0) is 0 Å². The fourth-order valence-electron chi connectivity index (χ4n) is 1.41. The summed E-state index contributed by atoms with van der Waals surface area (Å²) in [6, 6.07) is 0. The summed E-state index contributed by atoms with van der Waals surface area (Å²) in [4.78, 5) is 0. The number of sulfone groups is 1. The highest BCUT2D eigenvalue weighted by Gasteiger charge is 2.41. The van der Waals surface area contributed by atoms with E-state index in [0.717, 1.165) is 0 Å². The molecule has 4 nitrogen and oxygen atoms in total. The van der Waals surface area contributed by atoms with Crippen LogP contribution in [0.25, 0.3) is 0 Å². The van der Waals surface area contributed by atoms with Gasteiger partial charge in [-0.1, -0.05) is 0 Å². The first kappa shape index (κ1) is 7.52. The molecule has 11 heavy (non-hydrogen) atoms. The third-order valence-electron chi connectivity index (χ3n) is 1.97. The molecule has 2 rings (SSSR count). The molecule has 0 aliphatic carbocycles. The van der Waals surface area contributed by atoms with Crippen molar-refractivity contribution in [3.05, 3.63) is 0 Å². The second kappa shape index (κ2) is 2.43. The van der Waals surface area contributed by atoms with Crippen molar-refractivity contribution in [2.24, 2.45) is 5.92 Å². The first-order chi connectivity index (χ1) is 5.17. The van der Waals surface area contributed by atoms with Gasteiger partial charge >= 0.3 is 0 Å². The number of rotatable bonds is 1. The average molecular weight is 178 g/mol. The molecule has 0 radical (unpaired) electrons. The summed E-state index contributed by atoms with van der Waals surface area (Å²) in [6.07, 6.45) is -0.251. The first-order valence-corrected chi connectivity index (χ1v) is 5.43. The molecular formula is C6H10O4S. The summed E-state index contributed by atoms with van der Waals surface area (Å²) in [5.74, 6) is 0.553. The van der Waals surface area contributed by atoms with Crippen molar-refractivity contribution in [2.75, 3.05) is 24.7 Å². The summed E-state index contributed by atoms with van der Waals surface area (Å²) < 4.78 is 31.8. The number of ether oxygens (including phenoxy) is 2. The van der Waals surface area contributed by atoms with Crippen molar-refractivity contribution in [3.8, 4) is 0 Å². The second-order valence-electron chi connectivity index (χ2n) is 2.95. The van der Waals surface area contributed by atoms with E-state index in [9.17, 15) is 8.42 Å². The maximum atomic E-state index is 10.7. The van der Waals surface area contributed by atoms with Crippen LogP contribution >= 0.6 is 0 Å². The fourth-order valence-corrected chi connectivity index (χ4v) is 2.93. The van der Waals surface area contributed by atoms with Crippen LogP contribution < -0.4 is 0 Å². The van der Waals surface area contributed by atoms with Crippen molar-refractivity contribution in [3.63, 3.8) is 0 Å². The minimum absolute atomic E-state index is 0.0856. The van der Waals surface area contributed by atoms with Gasteiger partial charge in [-0.3, -0.25) is 0 Å². The lowest BCUT2D eigenvalue weighted by Gasteiger charge is -2.29. The van der Waals surface area contributed by atoms with Crippen LogP contribution in [0.4, 0.5) is 0 Å². The van der Waals surface area contributed by atoms with Gasteiger partial charge in [0.05, 0.1) is 24.7 Å². The Bertz CT molecular complexity index is 227. The lowest BCUT2D eigenvalue weighted by Crippen LogP contribution is -2.44. The highest BCUT2D eigenvalue weighted by molar-refractivity contribution is 7.92. The molecule has 64 valence electrons. The predicted octanol–water partition coefficient (Wildman–Crippen LogP) is -0.596. The van der Waals surface area contributed by atoms with Crippen LogP contribution in [0.1, 0.15) is 0 Å². The van der Waals surface area contributed by atoms with Crippen molar-refractivity contribution < 1.29 is 17.9 Å². The highest BCUT2D eigenvalue weighted by Crippen LogP contribution is 2.26. The van der Waals surface area contributed by atoms with Crippen LogP contribution in [-0.2, 0) is 19.3 Å². The summed E-state index contributed by atoms with van der Waals surface area (Å²) >= 11 is 0. The van der Waals surface area contributed by atoms with Crippen LogP contribution in [0.15, 0.2) is 0 Å². The monoisotopic (exact) mass is 178 g/mol. The van der Waals surface area contributed by atoms with Gasteiger partial charge < -0.3 is 9.47 Å². The zero-order chi connectivity index (χ0) is 7.90. The minimum atomic E-state index is -2.73. The van der Waals surface area contributed by atoms with E-state index in [4.69, 9.17) is 9.47 Å². The van der Waals surface area contributed by atoms with Gasteiger partial charge in [0.1, 0.15) is 0 Å². The zero-order valence-corrected chi connectivity index (χ0v) is 6.84. The smallest absolute Gasteiger partial charge is 0.162 e. The third kappa shape index (κ3) is 1.40. The summed E-state index contributed by atoms with van der Waals surface area (Å²) in [6.45, 7) is 1.20. The molecule has 0 spiro atoms. The van der Waals surface area contributed by atoms with E-state index < -0.39 is 9.84 Å². The molecule has 2 heterocycles. The Morgan fingerprint density at radius 1 is 1.09 bits per heavy atom. The zero-order valence-electron chi connectivity index (χ0n) is 6.02. The van der Waals surface area contributed by atoms with Crippen molar-refractivity contribution in [1.82, 2.24) is 0 Å². The molecule has 0 N–H and O–H groups in total. The van der Waals surface area contributed by atoms with Gasteiger partial charge in [0.15, 0.2) is 16.1 Å². The van der Waals surface area contributed by atoms with Crippen LogP contribution in [0.3, 0.4) is 0 Å². The number of hydrogen-bond donors (Lipinski definition) is 0. The molecule has 0 aromatic heterocycles. The third-order valence-corrected chi connectivity index (χ3v) is 3.84. The Morgan fingerprint density at radius 2 is 1.64 bits per heavy atom. The SMILES string of the molecule is O=S1(=O)CC(C2OCCO2)C1. The average Bonchev–Trinajstić information content (AvgIpc) is 2.32. The Kier molecular flexibility index (Phi) is 1.66. The molecule has 0 atom stereocenters. The molecule has 0 amide bonds. The molecule has 0 unspecified atom stereocenters. The highest BCUT2D eigenvalue weighted by atomic mass is 32.2. The first-order valence-electron chi connectivity index (χ1n) is 3.61. The van der Waals surface area contributed by atoms with Crippen molar-refractivity contribution in [1.29, 1.82) is 0 Å². The molecule has 0 bridgehead atoms. The topological polar surface area (TPSA) is 52.6 Å². The second-order valence-corrected chi connectivity index (χ2v) is 5.10. The van der Waals surface area contributed by atoms with Crippen LogP contribution in [-0.4, -0.2) is 39.4 Å². The molecular weight excluding hydrogens is 168 g/mol. The molecule has 5 heteroatoms. The fraction of sp³-hybridized carbons (Fsp3) is 1.00. The maximum absolute atomic E-state index is 10.7. The Labute approximate surface area is 65.4 Å². The predicted molar refractivity (Wildman–Crippen MR) is 37.8 cm³/mol. The summed E-state index contributed by atoms with van der Waals surface area (Å²) in [7, 11) is -2.73. The van der Waals surface area contributed by atoms with Gasteiger partial charge in [-0.25, -0.2) is 8.42 Å². The van der Waals surface area contributed by atoms with Crippen LogP contribution in [0, 0.1) is 5.92 Å². The Morgan fingerprint density at radius 3 is 2.09 bits per heavy atom. The molecule has 2 aliphatic heterocycles. The molecule has 0 saturated carbocycles. The van der Waals surface area contributed by atoms with E-state index in [1.54, 1.807) is 0 Å². The minimum Gasteiger partial charge on any atom is -0.350 e. The largest absolute Gasteiger partial charge is 0.350 e. The van der Waals surface area contributed by atoms with Gasteiger partial charge in [-0.2, -0.15) is 0 Å². The quantitative estimate of drug-likeness (QED) is 0.538. The maximum Gasteiger partial charge on any atom is 0.162 e. The van der Waals surface area contributed by atoms with Gasteiger partial charge in [0.25, 0.3) is 0 Å². The van der Waals surface area contributed by atoms with Gasteiger partial charge in [-0.15, -0.1) is 0 Å². The van der Waals surface area contributed by atoms with E-state index in [0.29, 0.717) is 13.2 Å². The van der Waals surface area contributed by atoms with Gasteiger partial charge in [0.2, 0.25) is 0 Å². The van der Waals surface area contributed by atoms with Crippen molar-refractivity contribution >= 4 is 9.84 Å². The normalized spacial score (nSPS) is 32.0. The van der Waals surface area contributed by atoms with Crippen LogP contribution in [0.5, 0.6) is 0 Å². The Balaban J connectivity index is 1.90. The van der Waals surface area contributed by atoms with E-state index in [-0.39, 0.29) is 23.7 Å². The molecule has 0 aromatic rings.